The van der Waals surface area contributed by atoms with Gasteiger partial charge in [0, 0.05) is 24.2 Å². The number of fused-ring (bicyclic) bond motifs is 1. The molecule has 20 heavy (non-hydrogen) atoms. The highest BCUT2D eigenvalue weighted by Crippen LogP contribution is 2.28. The van der Waals surface area contributed by atoms with Crippen LogP contribution in [-0.2, 0) is 13.0 Å². The Balaban J connectivity index is 2.00. The third-order valence-corrected chi connectivity index (χ3v) is 3.52. The molecule has 0 radical (unpaired) electrons. The second kappa shape index (κ2) is 4.85. The van der Waals surface area contributed by atoms with E-state index < -0.39 is 6.09 Å². The molecule has 0 atom stereocenters. The summed E-state index contributed by atoms with van der Waals surface area (Å²) >= 11 is 0. The van der Waals surface area contributed by atoms with Crippen LogP contribution < -0.4 is 5.73 Å². The van der Waals surface area contributed by atoms with Crippen LogP contribution in [0.5, 0.6) is 0 Å². The average molecular weight is 269 g/mol. The van der Waals surface area contributed by atoms with E-state index in [4.69, 9.17) is 10.8 Å². The first-order valence-electron chi connectivity index (χ1n) is 6.46. The second-order valence-corrected chi connectivity index (χ2v) is 4.85. The van der Waals surface area contributed by atoms with E-state index in [0.717, 1.165) is 22.5 Å². The van der Waals surface area contributed by atoms with Gasteiger partial charge in [0.05, 0.1) is 17.9 Å². The molecule has 2 aromatic rings. The molecule has 0 fully saturated rings. The van der Waals surface area contributed by atoms with Crippen molar-refractivity contribution in [2.75, 3.05) is 12.3 Å². The van der Waals surface area contributed by atoms with E-state index in [-0.39, 0.29) is 0 Å². The van der Waals surface area contributed by atoms with Crippen LogP contribution in [-0.4, -0.2) is 27.6 Å². The molecule has 1 amide bonds. The van der Waals surface area contributed by atoms with Gasteiger partial charge in [-0.2, -0.15) is 0 Å². The molecule has 1 aliphatic rings. The minimum Gasteiger partial charge on any atom is -0.465 e. The van der Waals surface area contributed by atoms with Gasteiger partial charge in [0.15, 0.2) is 0 Å². The van der Waals surface area contributed by atoms with E-state index in [2.05, 4.69) is 4.98 Å². The van der Waals surface area contributed by atoms with Gasteiger partial charge < -0.3 is 15.7 Å². The predicted molar refractivity (Wildman–Crippen MR) is 76.2 cm³/mol. The number of pyridine rings is 1. The Morgan fingerprint density at radius 2 is 2.05 bits per heavy atom. The van der Waals surface area contributed by atoms with Crippen LogP contribution in [0.15, 0.2) is 36.4 Å². The maximum Gasteiger partial charge on any atom is 0.407 e. The summed E-state index contributed by atoms with van der Waals surface area (Å²) in [5, 5.41) is 9.04. The van der Waals surface area contributed by atoms with Gasteiger partial charge in [-0.3, -0.25) is 4.98 Å². The van der Waals surface area contributed by atoms with E-state index in [1.807, 2.05) is 36.4 Å². The Morgan fingerprint density at radius 3 is 2.75 bits per heavy atom. The summed E-state index contributed by atoms with van der Waals surface area (Å²) < 4.78 is 0. The number of anilines is 1. The van der Waals surface area contributed by atoms with Crippen LogP contribution in [0, 0.1) is 0 Å². The number of nitrogens with two attached hydrogens (primary N) is 1. The summed E-state index contributed by atoms with van der Waals surface area (Å²) in [6, 6.07) is 11.6. The fourth-order valence-corrected chi connectivity index (χ4v) is 2.48. The van der Waals surface area contributed by atoms with Crippen LogP contribution in [0.2, 0.25) is 0 Å². The SMILES string of the molecule is Nc1cc2c(nc1-c1ccccc1)CCN(C(=O)O)C2. The van der Waals surface area contributed by atoms with Crippen molar-refractivity contribution in [3.05, 3.63) is 47.7 Å². The van der Waals surface area contributed by atoms with Crippen molar-refractivity contribution in [2.45, 2.75) is 13.0 Å². The van der Waals surface area contributed by atoms with Crippen molar-refractivity contribution in [2.24, 2.45) is 0 Å². The number of nitrogens with zero attached hydrogens (tertiary/aromatic N) is 2. The van der Waals surface area contributed by atoms with Gasteiger partial charge in [-0.15, -0.1) is 0 Å². The highest BCUT2D eigenvalue weighted by atomic mass is 16.4. The molecule has 1 aromatic carbocycles. The van der Waals surface area contributed by atoms with E-state index in [0.29, 0.717) is 25.2 Å². The zero-order valence-corrected chi connectivity index (χ0v) is 10.9. The molecule has 3 rings (SSSR count). The number of carboxylic acid groups (broad SMARTS) is 1. The van der Waals surface area contributed by atoms with E-state index in [9.17, 15) is 4.79 Å². The number of amides is 1. The van der Waals surface area contributed by atoms with Crippen molar-refractivity contribution in [1.82, 2.24) is 9.88 Å². The summed E-state index contributed by atoms with van der Waals surface area (Å²) in [5.41, 5.74) is 10.2. The Morgan fingerprint density at radius 1 is 1.30 bits per heavy atom. The zero-order chi connectivity index (χ0) is 14.1. The van der Waals surface area contributed by atoms with Gasteiger partial charge in [-0.1, -0.05) is 30.3 Å². The van der Waals surface area contributed by atoms with Crippen LogP contribution in [0.25, 0.3) is 11.3 Å². The summed E-state index contributed by atoms with van der Waals surface area (Å²) in [6.07, 6.45) is -0.275. The van der Waals surface area contributed by atoms with Gasteiger partial charge in [-0.05, 0) is 11.6 Å². The molecule has 0 spiro atoms. The molecule has 1 aliphatic heterocycles. The lowest BCUT2D eigenvalue weighted by Crippen LogP contribution is -2.35. The summed E-state index contributed by atoms with van der Waals surface area (Å²) in [7, 11) is 0. The summed E-state index contributed by atoms with van der Waals surface area (Å²) in [6.45, 7) is 0.838. The molecule has 102 valence electrons. The summed E-state index contributed by atoms with van der Waals surface area (Å²) in [4.78, 5) is 17.0. The lowest BCUT2D eigenvalue weighted by Gasteiger charge is -2.26. The minimum atomic E-state index is -0.902. The van der Waals surface area contributed by atoms with Gasteiger partial charge in [-0.25, -0.2) is 4.79 Å². The fourth-order valence-electron chi connectivity index (χ4n) is 2.48. The average Bonchev–Trinajstić information content (AvgIpc) is 2.46. The molecular formula is C15H15N3O2. The first-order valence-corrected chi connectivity index (χ1v) is 6.46. The van der Waals surface area contributed by atoms with Crippen molar-refractivity contribution < 1.29 is 9.90 Å². The molecule has 0 bridgehead atoms. The maximum atomic E-state index is 11.0. The monoisotopic (exact) mass is 269 g/mol. The van der Waals surface area contributed by atoms with Gasteiger partial charge in [0.25, 0.3) is 0 Å². The number of rotatable bonds is 1. The molecule has 0 unspecified atom stereocenters. The smallest absolute Gasteiger partial charge is 0.407 e. The fraction of sp³-hybridized carbons (Fsp3) is 0.200. The summed E-state index contributed by atoms with van der Waals surface area (Å²) in [5.74, 6) is 0. The third-order valence-electron chi connectivity index (χ3n) is 3.52. The largest absolute Gasteiger partial charge is 0.465 e. The van der Waals surface area contributed by atoms with Crippen molar-refractivity contribution in [3.8, 4) is 11.3 Å². The van der Waals surface area contributed by atoms with E-state index in [1.54, 1.807) is 0 Å². The molecule has 2 heterocycles. The molecule has 5 heteroatoms. The minimum absolute atomic E-state index is 0.358. The zero-order valence-electron chi connectivity index (χ0n) is 10.9. The Hall–Kier alpha value is -2.56. The Kier molecular flexibility index (Phi) is 3.02. The van der Waals surface area contributed by atoms with Gasteiger partial charge in [0.1, 0.15) is 0 Å². The predicted octanol–water partition coefficient (Wildman–Crippen LogP) is 2.37. The van der Waals surface area contributed by atoms with Crippen LogP contribution in [0.4, 0.5) is 10.5 Å². The molecule has 0 saturated carbocycles. The number of hydrogen-bond acceptors (Lipinski definition) is 3. The molecular weight excluding hydrogens is 254 g/mol. The van der Waals surface area contributed by atoms with Gasteiger partial charge in [0.2, 0.25) is 0 Å². The van der Waals surface area contributed by atoms with Gasteiger partial charge >= 0.3 is 6.09 Å². The molecule has 5 nitrogen and oxygen atoms in total. The lowest BCUT2D eigenvalue weighted by atomic mass is 10.0. The Labute approximate surface area is 116 Å². The molecule has 3 N–H and O–H groups in total. The lowest BCUT2D eigenvalue weighted by molar-refractivity contribution is 0.139. The van der Waals surface area contributed by atoms with Crippen molar-refractivity contribution >= 4 is 11.8 Å². The number of hydrogen-bond donors (Lipinski definition) is 2. The first kappa shape index (κ1) is 12.5. The highest BCUT2D eigenvalue weighted by Gasteiger charge is 2.22. The number of aromatic nitrogens is 1. The molecule has 1 aromatic heterocycles. The van der Waals surface area contributed by atoms with E-state index >= 15 is 0 Å². The number of nitrogen functional groups attached to an aromatic ring is 1. The quantitative estimate of drug-likeness (QED) is 0.833. The second-order valence-electron chi connectivity index (χ2n) is 4.85. The Bertz CT molecular complexity index is 656. The van der Waals surface area contributed by atoms with Crippen LogP contribution in [0.1, 0.15) is 11.3 Å². The topological polar surface area (TPSA) is 79.5 Å². The molecule has 0 saturated heterocycles. The van der Waals surface area contributed by atoms with Crippen molar-refractivity contribution in [3.63, 3.8) is 0 Å². The number of carbonyl (C=O) groups is 1. The van der Waals surface area contributed by atoms with Crippen LogP contribution in [0.3, 0.4) is 0 Å². The van der Waals surface area contributed by atoms with E-state index in [1.165, 1.54) is 4.90 Å². The number of benzene rings is 1. The molecule has 0 aliphatic carbocycles. The normalized spacial score (nSPS) is 13.9. The highest BCUT2D eigenvalue weighted by molar-refractivity contribution is 5.73. The standard InChI is InChI=1S/C15H15N3O2/c16-12-8-11-9-18(15(19)20)7-6-13(11)17-14(12)10-4-2-1-3-5-10/h1-5,8H,6-7,9,16H2,(H,19,20). The third kappa shape index (κ3) is 2.18. The maximum absolute atomic E-state index is 11.0. The van der Waals surface area contributed by atoms with Crippen molar-refractivity contribution in [1.29, 1.82) is 0 Å². The van der Waals surface area contributed by atoms with Crippen LogP contribution >= 0.6 is 0 Å². The first-order chi connectivity index (χ1) is 9.65.